The van der Waals surface area contributed by atoms with Gasteiger partial charge in [-0.15, -0.1) is 0 Å². The summed E-state index contributed by atoms with van der Waals surface area (Å²) in [5.74, 6) is 1.07. The number of ether oxygens (including phenoxy) is 2. The minimum absolute atomic E-state index is 0.312. The number of rotatable bonds is 12. The van der Waals surface area contributed by atoms with Gasteiger partial charge in [0.1, 0.15) is 17.3 Å². The Morgan fingerprint density at radius 3 is 2.56 bits per heavy atom. The van der Waals surface area contributed by atoms with Crippen molar-refractivity contribution in [3.05, 3.63) is 66.0 Å². The smallest absolute Gasteiger partial charge is 0.222 e. The lowest BCUT2D eigenvalue weighted by molar-refractivity contribution is 0.00541. The van der Waals surface area contributed by atoms with Crippen LogP contribution >= 0.6 is 0 Å². The molecule has 1 N–H and O–H groups in total. The molecule has 1 aliphatic carbocycles. The van der Waals surface area contributed by atoms with E-state index in [9.17, 15) is 9.50 Å². The number of aromatic nitrogens is 2. The minimum atomic E-state index is -0.580. The first-order valence-electron chi connectivity index (χ1n) is 11.9. The monoisotopic (exact) mass is 467 g/mol. The lowest BCUT2D eigenvalue weighted by Gasteiger charge is -2.25. The zero-order valence-electron chi connectivity index (χ0n) is 20.2. The van der Waals surface area contributed by atoms with Crippen LogP contribution in [0.3, 0.4) is 0 Å². The summed E-state index contributed by atoms with van der Waals surface area (Å²) in [6.07, 6.45) is 1.62. The number of aryl methyl sites for hydroxylation is 1. The second-order valence-corrected chi connectivity index (χ2v) is 9.43. The van der Waals surface area contributed by atoms with Crippen LogP contribution in [0.5, 0.6) is 11.6 Å². The highest BCUT2D eigenvalue weighted by Gasteiger charge is 2.33. The molecule has 1 saturated carbocycles. The quantitative estimate of drug-likeness (QED) is 0.406. The normalized spacial score (nSPS) is 14.7. The molecule has 1 aromatic heterocycles. The maximum atomic E-state index is 13.8. The number of aliphatic hydroxyl groups is 1. The van der Waals surface area contributed by atoms with Gasteiger partial charge in [0.15, 0.2) is 0 Å². The van der Waals surface area contributed by atoms with Gasteiger partial charge < -0.3 is 14.6 Å². The van der Waals surface area contributed by atoms with E-state index in [2.05, 4.69) is 18.7 Å². The highest BCUT2D eigenvalue weighted by Crippen LogP contribution is 2.37. The molecule has 0 radical (unpaired) electrons. The van der Waals surface area contributed by atoms with Crippen LogP contribution in [0.2, 0.25) is 0 Å². The molecule has 3 aromatic rings. The fourth-order valence-corrected chi connectivity index (χ4v) is 4.04. The molecule has 2 aromatic carbocycles. The van der Waals surface area contributed by atoms with E-state index >= 15 is 0 Å². The molecule has 1 heterocycles. The van der Waals surface area contributed by atoms with Crippen LogP contribution in [0.4, 0.5) is 4.39 Å². The molecule has 0 aliphatic heterocycles. The average Bonchev–Trinajstić information content (AvgIpc) is 3.60. The summed E-state index contributed by atoms with van der Waals surface area (Å²) < 4.78 is 27.3. The van der Waals surface area contributed by atoms with Crippen LogP contribution < -0.4 is 4.74 Å². The molecule has 34 heavy (non-hydrogen) atoms. The maximum Gasteiger partial charge on any atom is 0.222 e. The van der Waals surface area contributed by atoms with Crippen LogP contribution in [-0.4, -0.2) is 51.7 Å². The molecule has 0 unspecified atom stereocenters. The highest BCUT2D eigenvalue weighted by molar-refractivity contribution is 5.65. The number of nitrogens with zero attached hydrogens (tertiary/aromatic N) is 3. The Bertz CT molecular complexity index is 1070. The summed E-state index contributed by atoms with van der Waals surface area (Å²) in [7, 11) is 1.83. The molecule has 0 spiro atoms. The molecule has 4 rings (SSSR count). The topological polar surface area (TPSA) is 59.8 Å². The lowest BCUT2D eigenvalue weighted by atomic mass is 10.1. The molecule has 6 nitrogen and oxygen atoms in total. The maximum absolute atomic E-state index is 13.8. The van der Waals surface area contributed by atoms with Gasteiger partial charge in [-0.05, 0) is 30.9 Å². The lowest BCUT2D eigenvalue weighted by Crippen LogP contribution is -2.36. The van der Waals surface area contributed by atoms with E-state index in [-0.39, 0.29) is 5.82 Å². The third kappa shape index (κ3) is 6.44. The Hall–Kier alpha value is -2.74. The van der Waals surface area contributed by atoms with Crippen LogP contribution in [0.15, 0.2) is 54.6 Å². The van der Waals surface area contributed by atoms with E-state index < -0.39 is 6.10 Å². The van der Waals surface area contributed by atoms with E-state index in [1.807, 2.05) is 37.4 Å². The van der Waals surface area contributed by atoms with Crippen LogP contribution in [-0.2, 0) is 18.3 Å². The number of benzene rings is 2. The standard InChI is InChI=1S/C27H34FN3O3/c1-19(2)17-33-18-23(32)15-31(22-12-13-22)16-25-26(20-8-5-4-6-9-20)29-30(3)27(25)34-24-11-7-10-21(28)14-24/h4-11,14,19,22-23,32H,12-13,15-18H2,1-3H3/t23-/m1/s1. The van der Waals surface area contributed by atoms with Crippen molar-refractivity contribution in [1.82, 2.24) is 14.7 Å². The fraction of sp³-hybridized carbons (Fsp3) is 0.444. The van der Waals surface area contributed by atoms with E-state index in [1.54, 1.807) is 16.8 Å². The SMILES string of the molecule is CC(C)COC[C@H](O)CN(Cc1c(-c2ccccc2)nn(C)c1Oc1cccc(F)c1)C1CC1. The van der Waals surface area contributed by atoms with Crippen molar-refractivity contribution >= 4 is 0 Å². The number of hydrogen-bond donors (Lipinski definition) is 1. The first kappa shape index (κ1) is 24.4. The largest absolute Gasteiger partial charge is 0.439 e. The Labute approximate surface area is 200 Å². The predicted molar refractivity (Wildman–Crippen MR) is 130 cm³/mol. The van der Waals surface area contributed by atoms with Crippen molar-refractivity contribution in [3.63, 3.8) is 0 Å². The summed E-state index contributed by atoms with van der Waals surface area (Å²) in [6.45, 7) is 6.20. The number of aliphatic hydroxyl groups excluding tert-OH is 1. The van der Waals surface area contributed by atoms with Gasteiger partial charge in [-0.1, -0.05) is 50.2 Å². The Balaban J connectivity index is 1.61. The van der Waals surface area contributed by atoms with Gasteiger partial charge in [0.05, 0.1) is 18.3 Å². The van der Waals surface area contributed by atoms with Gasteiger partial charge in [0, 0.05) is 44.4 Å². The van der Waals surface area contributed by atoms with E-state index in [1.165, 1.54) is 12.1 Å². The Morgan fingerprint density at radius 2 is 1.88 bits per heavy atom. The number of hydrogen-bond acceptors (Lipinski definition) is 5. The van der Waals surface area contributed by atoms with Crippen LogP contribution in [0.1, 0.15) is 32.3 Å². The predicted octanol–water partition coefficient (Wildman–Crippen LogP) is 5.02. The molecule has 0 saturated heterocycles. The highest BCUT2D eigenvalue weighted by atomic mass is 19.1. The first-order chi connectivity index (χ1) is 16.4. The van der Waals surface area contributed by atoms with Gasteiger partial charge in [-0.3, -0.25) is 4.90 Å². The van der Waals surface area contributed by atoms with Gasteiger partial charge >= 0.3 is 0 Å². The third-order valence-corrected chi connectivity index (χ3v) is 5.78. The first-order valence-corrected chi connectivity index (χ1v) is 11.9. The fourth-order valence-electron chi connectivity index (χ4n) is 4.04. The molecule has 0 bridgehead atoms. The van der Waals surface area contributed by atoms with Gasteiger partial charge in [-0.25, -0.2) is 9.07 Å². The molecule has 182 valence electrons. The van der Waals surface area contributed by atoms with Crippen molar-refractivity contribution in [2.24, 2.45) is 13.0 Å². The zero-order chi connectivity index (χ0) is 24.1. The molecule has 1 atom stereocenters. The Morgan fingerprint density at radius 1 is 1.12 bits per heavy atom. The van der Waals surface area contributed by atoms with E-state index in [0.29, 0.717) is 49.9 Å². The minimum Gasteiger partial charge on any atom is -0.439 e. The van der Waals surface area contributed by atoms with Crippen molar-refractivity contribution in [2.75, 3.05) is 19.8 Å². The van der Waals surface area contributed by atoms with Gasteiger partial charge in [-0.2, -0.15) is 5.10 Å². The molecule has 1 fully saturated rings. The summed E-state index contributed by atoms with van der Waals surface area (Å²) >= 11 is 0. The number of halogens is 1. The zero-order valence-corrected chi connectivity index (χ0v) is 20.2. The molecular formula is C27H34FN3O3. The van der Waals surface area contributed by atoms with E-state index in [0.717, 1.165) is 29.7 Å². The second kappa shape index (κ2) is 11.1. The summed E-state index contributed by atoms with van der Waals surface area (Å²) in [4.78, 5) is 2.28. The van der Waals surface area contributed by atoms with Crippen molar-refractivity contribution in [3.8, 4) is 22.9 Å². The van der Waals surface area contributed by atoms with Gasteiger partial charge in [0.25, 0.3) is 0 Å². The molecule has 0 amide bonds. The van der Waals surface area contributed by atoms with Crippen molar-refractivity contribution in [1.29, 1.82) is 0 Å². The summed E-state index contributed by atoms with van der Waals surface area (Å²) in [5, 5.41) is 15.4. The second-order valence-electron chi connectivity index (χ2n) is 9.43. The van der Waals surface area contributed by atoms with Crippen LogP contribution in [0, 0.1) is 11.7 Å². The average molecular weight is 468 g/mol. The van der Waals surface area contributed by atoms with Crippen LogP contribution in [0.25, 0.3) is 11.3 Å². The summed E-state index contributed by atoms with van der Waals surface area (Å²) in [6, 6.07) is 16.5. The van der Waals surface area contributed by atoms with E-state index in [4.69, 9.17) is 14.6 Å². The molecular weight excluding hydrogens is 433 g/mol. The molecule has 1 aliphatic rings. The molecule has 7 heteroatoms. The Kier molecular flexibility index (Phi) is 7.98. The van der Waals surface area contributed by atoms with Crippen molar-refractivity contribution < 1.29 is 19.0 Å². The summed E-state index contributed by atoms with van der Waals surface area (Å²) in [5.41, 5.74) is 2.73. The van der Waals surface area contributed by atoms with Gasteiger partial charge in [0.2, 0.25) is 5.88 Å². The third-order valence-electron chi connectivity index (χ3n) is 5.78. The van der Waals surface area contributed by atoms with Crippen molar-refractivity contribution in [2.45, 2.75) is 45.4 Å².